The van der Waals surface area contributed by atoms with Gasteiger partial charge in [0.15, 0.2) is 0 Å². The molecule has 1 fully saturated rings. The summed E-state index contributed by atoms with van der Waals surface area (Å²) in [7, 11) is 1.59. The molecule has 1 saturated carbocycles. The van der Waals surface area contributed by atoms with E-state index in [2.05, 4.69) is 15.5 Å². The Morgan fingerprint density at radius 3 is 2.74 bits per heavy atom. The Morgan fingerprint density at radius 1 is 1.16 bits per heavy atom. The van der Waals surface area contributed by atoms with Crippen molar-refractivity contribution < 1.29 is 14.1 Å². The fraction of sp³-hybridized carbons (Fsp3) is 0.375. The number of nitrogens with zero attached hydrogens (tertiary/aromatic N) is 3. The van der Waals surface area contributed by atoms with Crippen LogP contribution >= 0.6 is 0 Å². The Balaban J connectivity index is 1.55. The number of methoxy groups -OCH3 is 1. The van der Waals surface area contributed by atoms with Crippen LogP contribution in [-0.4, -0.2) is 34.2 Å². The predicted octanol–water partition coefficient (Wildman–Crippen LogP) is 5.42. The quantitative estimate of drug-likeness (QED) is 0.576. The molecule has 1 aliphatic rings. The van der Waals surface area contributed by atoms with Crippen LogP contribution in [0, 0.1) is 6.92 Å². The van der Waals surface area contributed by atoms with Crippen molar-refractivity contribution in [2.75, 3.05) is 12.4 Å². The number of aryl methyl sites for hydroxylation is 1. The normalized spacial score (nSPS) is 14.3. The van der Waals surface area contributed by atoms with Gasteiger partial charge in [0.25, 0.3) is 0 Å². The molecule has 2 amide bonds. The summed E-state index contributed by atoms with van der Waals surface area (Å²) >= 11 is 0. The molecule has 1 heterocycles. The molecule has 2 aromatic carbocycles. The van der Waals surface area contributed by atoms with E-state index in [0.717, 1.165) is 36.8 Å². The molecule has 1 N–H and O–H groups in total. The minimum absolute atomic E-state index is 0.137. The summed E-state index contributed by atoms with van der Waals surface area (Å²) in [5.41, 5.74) is 2.67. The highest BCUT2D eigenvalue weighted by atomic mass is 16.5. The largest absolute Gasteiger partial charge is 0.495 e. The second kappa shape index (κ2) is 9.64. The van der Waals surface area contributed by atoms with Crippen molar-refractivity contribution in [3.8, 4) is 17.1 Å². The predicted molar refractivity (Wildman–Crippen MR) is 119 cm³/mol. The summed E-state index contributed by atoms with van der Waals surface area (Å²) in [4.78, 5) is 19.6. The lowest BCUT2D eigenvalue weighted by Crippen LogP contribution is -2.43. The minimum atomic E-state index is -0.188. The Hall–Kier alpha value is -3.35. The number of ether oxygens (including phenoxy) is 1. The number of carbonyl (C=O) groups excluding carboxylic acids is 1. The summed E-state index contributed by atoms with van der Waals surface area (Å²) < 4.78 is 10.9. The number of para-hydroxylation sites is 2. The van der Waals surface area contributed by atoms with E-state index in [4.69, 9.17) is 9.26 Å². The number of hydrogen-bond donors (Lipinski definition) is 1. The Bertz CT molecular complexity index is 1030. The van der Waals surface area contributed by atoms with E-state index in [-0.39, 0.29) is 18.6 Å². The van der Waals surface area contributed by atoms with E-state index in [1.807, 2.05) is 60.4 Å². The molecule has 0 unspecified atom stereocenters. The molecule has 3 aromatic rings. The molecular weight excluding hydrogens is 392 g/mol. The Labute approximate surface area is 182 Å². The maximum atomic E-state index is 13.3. The van der Waals surface area contributed by atoms with Gasteiger partial charge >= 0.3 is 6.03 Å². The minimum Gasteiger partial charge on any atom is -0.495 e. The summed E-state index contributed by atoms with van der Waals surface area (Å²) in [6, 6.07) is 15.3. The number of rotatable bonds is 6. The second-order valence-electron chi connectivity index (χ2n) is 7.93. The third kappa shape index (κ3) is 5.05. The lowest BCUT2D eigenvalue weighted by molar-refractivity contribution is 0.151. The van der Waals surface area contributed by atoms with Crippen LogP contribution < -0.4 is 10.1 Å². The summed E-state index contributed by atoms with van der Waals surface area (Å²) in [5, 5.41) is 7.13. The van der Waals surface area contributed by atoms with Gasteiger partial charge in [-0.25, -0.2) is 4.79 Å². The molecule has 0 bridgehead atoms. The van der Waals surface area contributed by atoms with Crippen molar-refractivity contribution in [3.63, 3.8) is 0 Å². The van der Waals surface area contributed by atoms with Crippen LogP contribution in [0.5, 0.6) is 5.75 Å². The zero-order chi connectivity index (χ0) is 21.6. The number of hydrogen-bond acceptors (Lipinski definition) is 5. The molecule has 1 aromatic heterocycles. The molecular formula is C24H28N4O3. The van der Waals surface area contributed by atoms with E-state index in [1.165, 1.54) is 6.42 Å². The first-order chi connectivity index (χ1) is 15.1. The summed E-state index contributed by atoms with van der Waals surface area (Å²) in [5.74, 6) is 1.59. The van der Waals surface area contributed by atoms with Gasteiger partial charge in [-0.2, -0.15) is 4.98 Å². The zero-order valence-electron chi connectivity index (χ0n) is 18.0. The van der Waals surface area contributed by atoms with E-state index >= 15 is 0 Å². The van der Waals surface area contributed by atoms with Crippen LogP contribution in [0.3, 0.4) is 0 Å². The van der Waals surface area contributed by atoms with Gasteiger partial charge in [0.05, 0.1) is 12.8 Å². The number of aromatic nitrogens is 2. The fourth-order valence-electron chi connectivity index (χ4n) is 4.06. The number of benzene rings is 2. The molecule has 0 saturated heterocycles. The average Bonchev–Trinajstić information content (AvgIpc) is 3.27. The zero-order valence-corrected chi connectivity index (χ0v) is 18.0. The molecule has 0 atom stereocenters. The molecule has 0 spiro atoms. The van der Waals surface area contributed by atoms with Crippen molar-refractivity contribution in [2.45, 2.75) is 51.6 Å². The highest BCUT2D eigenvalue weighted by Crippen LogP contribution is 2.28. The number of anilines is 1. The molecule has 162 valence electrons. The van der Waals surface area contributed by atoms with Gasteiger partial charge in [-0.15, -0.1) is 0 Å². The first kappa shape index (κ1) is 20.9. The highest BCUT2D eigenvalue weighted by Gasteiger charge is 2.28. The lowest BCUT2D eigenvalue weighted by atomic mass is 9.94. The van der Waals surface area contributed by atoms with Gasteiger partial charge in [-0.3, -0.25) is 0 Å². The third-order valence-corrected chi connectivity index (χ3v) is 5.67. The number of nitrogens with one attached hydrogen (secondary N) is 1. The van der Waals surface area contributed by atoms with Crippen molar-refractivity contribution in [1.29, 1.82) is 0 Å². The smallest absolute Gasteiger partial charge is 0.322 e. The van der Waals surface area contributed by atoms with Crippen LogP contribution in [0.15, 0.2) is 53.1 Å². The van der Waals surface area contributed by atoms with Crippen molar-refractivity contribution in [2.24, 2.45) is 0 Å². The van der Waals surface area contributed by atoms with Crippen molar-refractivity contribution >= 4 is 11.7 Å². The molecule has 0 radical (unpaired) electrons. The van der Waals surface area contributed by atoms with Gasteiger partial charge in [-0.1, -0.05) is 60.3 Å². The van der Waals surface area contributed by atoms with Crippen LogP contribution in [-0.2, 0) is 6.54 Å². The fourth-order valence-corrected chi connectivity index (χ4v) is 4.06. The monoisotopic (exact) mass is 420 g/mol. The summed E-state index contributed by atoms with van der Waals surface area (Å²) in [6.45, 7) is 2.29. The first-order valence-electron chi connectivity index (χ1n) is 10.7. The van der Waals surface area contributed by atoms with Gasteiger partial charge in [0, 0.05) is 11.6 Å². The van der Waals surface area contributed by atoms with Crippen molar-refractivity contribution in [1.82, 2.24) is 15.0 Å². The summed E-state index contributed by atoms with van der Waals surface area (Å²) in [6.07, 6.45) is 5.37. The molecule has 7 heteroatoms. The van der Waals surface area contributed by atoms with Gasteiger partial charge < -0.3 is 19.5 Å². The molecule has 0 aliphatic heterocycles. The second-order valence-corrected chi connectivity index (χ2v) is 7.93. The average molecular weight is 421 g/mol. The standard InChI is InChI=1S/C24H28N4O3/c1-17-9-8-10-18(15-17)23-26-22(31-27-23)16-28(19-11-4-3-5-12-19)24(29)25-20-13-6-7-14-21(20)30-2/h6-10,13-15,19H,3-5,11-12,16H2,1-2H3,(H,25,29). The molecule has 31 heavy (non-hydrogen) atoms. The highest BCUT2D eigenvalue weighted by molar-refractivity contribution is 5.91. The number of urea groups is 1. The van der Waals surface area contributed by atoms with Gasteiger partial charge in [-0.05, 0) is 38.0 Å². The number of amides is 2. The molecule has 4 rings (SSSR count). The van der Waals surface area contributed by atoms with Crippen LogP contribution in [0.1, 0.15) is 43.6 Å². The van der Waals surface area contributed by atoms with E-state index in [0.29, 0.717) is 23.2 Å². The van der Waals surface area contributed by atoms with Crippen LogP contribution in [0.2, 0.25) is 0 Å². The van der Waals surface area contributed by atoms with Crippen LogP contribution in [0.4, 0.5) is 10.5 Å². The topological polar surface area (TPSA) is 80.5 Å². The third-order valence-electron chi connectivity index (χ3n) is 5.67. The van der Waals surface area contributed by atoms with Crippen molar-refractivity contribution in [3.05, 3.63) is 60.0 Å². The van der Waals surface area contributed by atoms with Gasteiger partial charge in [0.1, 0.15) is 12.3 Å². The maximum Gasteiger partial charge on any atom is 0.322 e. The number of carbonyl (C=O) groups is 1. The molecule has 7 nitrogen and oxygen atoms in total. The van der Waals surface area contributed by atoms with Crippen LogP contribution in [0.25, 0.3) is 11.4 Å². The molecule has 1 aliphatic carbocycles. The van der Waals surface area contributed by atoms with E-state index in [9.17, 15) is 4.79 Å². The maximum absolute atomic E-state index is 13.3. The Morgan fingerprint density at radius 2 is 1.97 bits per heavy atom. The SMILES string of the molecule is COc1ccccc1NC(=O)N(Cc1nc(-c2cccc(C)c2)no1)C1CCCCC1. The van der Waals surface area contributed by atoms with E-state index < -0.39 is 0 Å². The van der Waals surface area contributed by atoms with Gasteiger partial charge in [0.2, 0.25) is 11.7 Å². The Kier molecular flexibility index (Phi) is 6.50. The van der Waals surface area contributed by atoms with E-state index in [1.54, 1.807) is 7.11 Å². The first-order valence-corrected chi connectivity index (χ1v) is 10.7. The lowest BCUT2D eigenvalue weighted by Gasteiger charge is -2.33.